The number of hydrogen-bond acceptors (Lipinski definition) is 7. The molecule has 1 aliphatic carbocycles. The first-order valence-corrected chi connectivity index (χ1v) is 10.5. The van der Waals surface area contributed by atoms with Crippen molar-refractivity contribution in [3.63, 3.8) is 0 Å². The Morgan fingerprint density at radius 1 is 1.50 bits per heavy atom. The van der Waals surface area contributed by atoms with E-state index in [1.54, 1.807) is 7.11 Å². The monoisotopic (exact) mass is 401 g/mol. The highest BCUT2D eigenvalue weighted by Crippen LogP contribution is 2.44. The molecule has 0 aromatic rings. The zero-order valence-corrected chi connectivity index (χ0v) is 18.1. The summed E-state index contributed by atoms with van der Waals surface area (Å²) in [5.41, 5.74) is 8.20. The summed E-state index contributed by atoms with van der Waals surface area (Å²) in [5.74, 6) is 2.76. The lowest BCUT2D eigenvalue weighted by atomic mass is 9.88. The Balaban J connectivity index is 1.74. The van der Waals surface area contributed by atoms with E-state index in [0.29, 0.717) is 16.9 Å². The van der Waals surface area contributed by atoms with E-state index in [0.717, 1.165) is 40.6 Å². The van der Waals surface area contributed by atoms with Crippen LogP contribution in [0.3, 0.4) is 0 Å². The predicted molar refractivity (Wildman–Crippen MR) is 118 cm³/mol. The summed E-state index contributed by atoms with van der Waals surface area (Å²) in [4.78, 5) is 7.78. The lowest BCUT2D eigenvalue weighted by Crippen LogP contribution is -2.38. The Labute approximate surface area is 172 Å². The van der Waals surface area contributed by atoms with Gasteiger partial charge in [-0.1, -0.05) is 24.8 Å². The lowest BCUT2D eigenvalue weighted by Gasteiger charge is -2.30. The van der Waals surface area contributed by atoms with Gasteiger partial charge in [-0.2, -0.15) is 0 Å². The Bertz CT molecular complexity index is 793. The van der Waals surface area contributed by atoms with Crippen LogP contribution in [0.15, 0.2) is 50.9 Å². The molecule has 7 heteroatoms. The maximum Gasteiger partial charge on any atom is 0.140 e. The van der Waals surface area contributed by atoms with Crippen LogP contribution in [-0.4, -0.2) is 49.1 Å². The minimum absolute atomic E-state index is 0.0283. The fourth-order valence-corrected chi connectivity index (χ4v) is 4.91. The van der Waals surface area contributed by atoms with E-state index in [1.165, 1.54) is 11.8 Å². The van der Waals surface area contributed by atoms with Crippen molar-refractivity contribution in [2.45, 2.75) is 39.3 Å². The Hall–Kier alpha value is -1.99. The van der Waals surface area contributed by atoms with Gasteiger partial charge in [0.15, 0.2) is 0 Å². The summed E-state index contributed by atoms with van der Waals surface area (Å²) in [6, 6.07) is -0.0392. The highest BCUT2D eigenvalue weighted by molar-refractivity contribution is 8.18. The summed E-state index contributed by atoms with van der Waals surface area (Å²) in [5, 5.41) is 12.6. The van der Waals surface area contributed by atoms with Crippen LogP contribution in [0.1, 0.15) is 27.2 Å². The molecule has 0 bridgehead atoms. The first kappa shape index (κ1) is 20.7. The molecule has 2 heterocycles. The van der Waals surface area contributed by atoms with Gasteiger partial charge in [-0.25, -0.2) is 4.99 Å². The van der Waals surface area contributed by atoms with Gasteiger partial charge < -0.3 is 20.7 Å². The van der Waals surface area contributed by atoms with Crippen LogP contribution < -0.4 is 11.1 Å². The number of nitrogens with zero attached hydrogens (tertiary/aromatic N) is 2. The van der Waals surface area contributed by atoms with Crippen LogP contribution in [0.5, 0.6) is 0 Å². The van der Waals surface area contributed by atoms with Gasteiger partial charge in [0.25, 0.3) is 0 Å². The number of aliphatic imine (C=N–C) groups is 1. The van der Waals surface area contributed by atoms with E-state index < -0.39 is 0 Å². The first-order valence-electron chi connectivity index (χ1n) is 9.73. The van der Waals surface area contributed by atoms with E-state index in [1.807, 2.05) is 27.2 Å². The first-order chi connectivity index (χ1) is 13.3. The number of hydrogen-bond donors (Lipinski definition) is 3. The molecule has 4 unspecified atom stereocenters. The quantitative estimate of drug-likeness (QED) is 0.636. The predicted octanol–water partition coefficient (Wildman–Crippen LogP) is 3.22. The Morgan fingerprint density at radius 2 is 2.25 bits per heavy atom. The van der Waals surface area contributed by atoms with Crippen LogP contribution in [-0.2, 0) is 4.74 Å². The van der Waals surface area contributed by atoms with Crippen LogP contribution in [0, 0.1) is 17.2 Å². The summed E-state index contributed by atoms with van der Waals surface area (Å²) < 4.78 is 5.28. The Morgan fingerprint density at radius 3 is 2.86 bits per heavy atom. The summed E-state index contributed by atoms with van der Waals surface area (Å²) in [6.07, 6.45) is 9.27. The number of likely N-dealkylation sites (N-methyl/N-ethyl adjacent to an activating group) is 1. The summed E-state index contributed by atoms with van der Waals surface area (Å²) in [7, 11) is 3.71. The average molecular weight is 402 g/mol. The molecule has 3 rings (SSSR count). The minimum atomic E-state index is -0.0675. The molecule has 2 aliphatic heterocycles. The third-order valence-electron chi connectivity index (χ3n) is 5.75. The van der Waals surface area contributed by atoms with Crippen molar-refractivity contribution in [2.24, 2.45) is 22.6 Å². The van der Waals surface area contributed by atoms with Crippen LogP contribution in [0.2, 0.25) is 0 Å². The molecular weight excluding hydrogens is 370 g/mol. The molecule has 0 amide bonds. The number of rotatable bonds is 6. The molecular formula is C21H31N5OS. The molecule has 1 saturated heterocycles. The molecule has 152 valence electrons. The maximum absolute atomic E-state index is 8.50. The van der Waals surface area contributed by atoms with Crippen LogP contribution >= 0.6 is 11.8 Å². The molecule has 4 N–H and O–H groups in total. The van der Waals surface area contributed by atoms with E-state index >= 15 is 0 Å². The Kier molecular flexibility index (Phi) is 6.35. The molecule has 28 heavy (non-hydrogen) atoms. The fraction of sp³-hybridized carbons (Fsp3) is 0.524. The number of thioether (sulfide) groups is 1. The molecule has 1 fully saturated rings. The second-order valence-corrected chi connectivity index (χ2v) is 8.82. The van der Waals surface area contributed by atoms with Gasteiger partial charge in [0.05, 0.1) is 29.4 Å². The number of methoxy groups -OCH3 is 1. The van der Waals surface area contributed by atoms with Crippen molar-refractivity contribution in [3.05, 3.63) is 45.9 Å². The molecule has 6 nitrogen and oxygen atoms in total. The van der Waals surface area contributed by atoms with E-state index in [4.69, 9.17) is 15.9 Å². The standard InChI is InChI=1S/C21H31N5OS/c1-12(15-6-8-16(27-5)9-7-15)10-24-21-19-18(26(4)11-25-21)17(20(23)28-19)13(2)14(3)22/h6,8-9,11-12,14-15,18,23-24H,7,10,22H2,1-5H3/b17-13-,23-20?. The van der Waals surface area contributed by atoms with E-state index in [2.05, 4.69) is 40.4 Å². The number of ether oxygens (including phenoxy) is 1. The zero-order chi connectivity index (χ0) is 20.4. The normalized spacial score (nSPS) is 28.1. The van der Waals surface area contributed by atoms with Crippen LogP contribution in [0.4, 0.5) is 0 Å². The molecule has 4 atom stereocenters. The van der Waals surface area contributed by atoms with Crippen molar-refractivity contribution in [2.75, 3.05) is 20.7 Å². The molecule has 0 saturated carbocycles. The van der Waals surface area contributed by atoms with Crippen molar-refractivity contribution in [1.82, 2.24) is 10.2 Å². The lowest BCUT2D eigenvalue weighted by molar-refractivity contribution is 0.297. The minimum Gasteiger partial charge on any atom is -0.497 e. The largest absolute Gasteiger partial charge is 0.497 e. The van der Waals surface area contributed by atoms with Gasteiger partial charge in [-0.15, -0.1) is 0 Å². The van der Waals surface area contributed by atoms with Crippen molar-refractivity contribution in [1.29, 1.82) is 5.41 Å². The highest BCUT2D eigenvalue weighted by Gasteiger charge is 2.39. The second-order valence-electron chi connectivity index (χ2n) is 7.77. The second kappa shape index (κ2) is 8.57. The van der Waals surface area contributed by atoms with Gasteiger partial charge >= 0.3 is 0 Å². The van der Waals surface area contributed by atoms with Gasteiger partial charge in [0.2, 0.25) is 0 Å². The number of fused-ring (bicyclic) bond motifs is 1. The van der Waals surface area contributed by atoms with Gasteiger partial charge in [0, 0.05) is 25.2 Å². The summed E-state index contributed by atoms with van der Waals surface area (Å²) in [6.45, 7) is 7.09. The van der Waals surface area contributed by atoms with E-state index in [9.17, 15) is 0 Å². The van der Waals surface area contributed by atoms with Gasteiger partial charge in [-0.05, 0) is 49.8 Å². The van der Waals surface area contributed by atoms with Crippen molar-refractivity contribution < 1.29 is 4.74 Å². The van der Waals surface area contributed by atoms with Crippen molar-refractivity contribution in [3.8, 4) is 0 Å². The zero-order valence-electron chi connectivity index (χ0n) is 17.3. The SMILES string of the molecule is COC1=CCC(C(C)CNC2=C3SC(=N)/C(=C(/C)C(C)N)C3N(C)C=N2)C=C1. The molecule has 0 spiro atoms. The summed E-state index contributed by atoms with van der Waals surface area (Å²) >= 11 is 1.50. The smallest absolute Gasteiger partial charge is 0.140 e. The molecule has 3 aliphatic rings. The van der Waals surface area contributed by atoms with Gasteiger partial charge in [-0.3, -0.25) is 5.41 Å². The van der Waals surface area contributed by atoms with E-state index in [-0.39, 0.29) is 12.1 Å². The average Bonchev–Trinajstić information content (AvgIpc) is 3.04. The third kappa shape index (κ3) is 4.05. The highest BCUT2D eigenvalue weighted by atomic mass is 32.2. The van der Waals surface area contributed by atoms with Crippen molar-refractivity contribution >= 4 is 23.1 Å². The number of nitrogens with one attached hydrogen (secondary N) is 2. The number of nitrogens with two attached hydrogens (primary N) is 1. The number of allylic oxidation sites excluding steroid dienone is 3. The van der Waals surface area contributed by atoms with Gasteiger partial charge in [0.1, 0.15) is 11.6 Å². The topological polar surface area (TPSA) is 86.7 Å². The molecule has 0 radical (unpaired) electrons. The third-order valence-corrected chi connectivity index (χ3v) is 6.81. The van der Waals surface area contributed by atoms with Crippen LogP contribution in [0.25, 0.3) is 0 Å². The molecule has 0 aromatic heterocycles. The fourth-order valence-electron chi connectivity index (χ4n) is 3.69. The maximum atomic E-state index is 8.50. The molecule has 0 aromatic carbocycles.